The third-order valence-corrected chi connectivity index (χ3v) is 6.74. The predicted octanol–water partition coefficient (Wildman–Crippen LogP) is 6.08. The quantitative estimate of drug-likeness (QED) is 0.0757. The van der Waals surface area contributed by atoms with Crippen molar-refractivity contribution >= 4 is 61.6 Å². The summed E-state index contributed by atoms with van der Waals surface area (Å²) in [5.74, 6) is 0.197. The Kier molecular flexibility index (Phi) is 8.14. The lowest BCUT2D eigenvalue weighted by molar-refractivity contribution is -0.384. The zero-order valence-corrected chi connectivity index (χ0v) is 21.3. The summed E-state index contributed by atoms with van der Waals surface area (Å²) < 4.78 is 37.0. The van der Waals surface area contributed by atoms with Crippen LogP contribution in [0.2, 0.25) is 5.02 Å². The van der Waals surface area contributed by atoms with Gasteiger partial charge in [-0.15, -0.1) is 0 Å². The monoisotopic (exact) mass is 610 g/mol. The van der Waals surface area contributed by atoms with E-state index in [1.165, 1.54) is 48.5 Å². The first-order chi connectivity index (χ1) is 16.1. The molecule has 0 amide bonds. The van der Waals surface area contributed by atoms with Crippen molar-refractivity contribution < 1.29 is 22.3 Å². The minimum atomic E-state index is -4.15. The van der Waals surface area contributed by atoms with Gasteiger partial charge in [-0.05, 0) is 95.2 Å². The Morgan fingerprint density at radius 1 is 1.18 bits per heavy atom. The molecule has 0 unspecified atom stereocenters. The lowest BCUT2D eigenvalue weighted by atomic mass is 10.0. The number of hydrogen-bond donors (Lipinski definition) is 0. The van der Waals surface area contributed by atoms with Crippen LogP contribution in [-0.4, -0.2) is 19.9 Å². The average Bonchev–Trinajstić information content (AvgIpc) is 2.80. The van der Waals surface area contributed by atoms with Crippen molar-refractivity contribution in [1.82, 2.24) is 0 Å². The van der Waals surface area contributed by atoms with Crippen molar-refractivity contribution in [3.05, 3.63) is 90.5 Å². The molecule has 0 saturated carbocycles. The smallest absolute Gasteiger partial charge is 0.339 e. The maximum atomic E-state index is 12.8. The van der Waals surface area contributed by atoms with E-state index in [-0.39, 0.29) is 34.3 Å². The third kappa shape index (κ3) is 6.05. The first-order valence-corrected chi connectivity index (χ1v) is 12.5. The fraction of sp³-hybridized carbons (Fsp3) is 0.0870. The van der Waals surface area contributed by atoms with Crippen molar-refractivity contribution in [1.29, 1.82) is 5.26 Å². The summed E-state index contributed by atoms with van der Waals surface area (Å²) >= 11 is 7.76. The van der Waals surface area contributed by atoms with Gasteiger partial charge in [0.05, 0.1) is 26.7 Å². The topological polar surface area (TPSA) is 120 Å². The van der Waals surface area contributed by atoms with Crippen LogP contribution < -0.4 is 8.92 Å². The van der Waals surface area contributed by atoms with Crippen LogP contribution >= 0.6 is 34.2 Å². The normalized spacial score (nSPS) is 11.5. The zero-order valence-electron chi connectivity index (χ0n) is 17.6. The van der Waals surface area contributed by atoms with Gasteiger partial charge in [0.1, 0.15) is 4.90 Å². The van der Waals surface area contributed by atoms with Crippen LogP contribution in [0.25, 0.3) is 11.6 Å². The van der Waals surface area contributed by atoms with Crippen LogP contribution in [0.4, 0.5) is 5.69 Å². The first-order valence-electron chi connectivity index (χ1n) is 9.67. The van der Waals surface area contributed by atoms with E-state index in [9.17, 15) is 23.8 Å². The van der Waals surface area contributed by atoms with Crippen LogP contribution in [0.5, 0.6) is 11.5 Å². The summed E-state index contributed by atoms with van der Waals surface area (Å²) in [7, 11) is -4.15. The highest BCUT2D eigenvalue weighted by atomic mass is 127. The summed E-state index contributed by atoms with van der Waals surface area (Å²) in [6.07, 6.45) is 1.57. The standard InChI is InChI=1S/C23H16ClIN2O6S/c1-2-32-22-13-15(11-17(14-26)16-3-7-19(8-4-16)27(28)29)12-21(25)23(22)33-34(30,31)20-9-5-18(24)6-10-20/h3-13H,2H2,1H3/b17-11+. The van der Waals surface area contributed by atoms with Gasteiger partial charge >= 0.3 is 10.1 Å². The number of halogens is 2. The Balaban J connectivity index is 2.00. The second-order valence-corrected chi connectivity index (χ2v) is 9.87. The van der Waals surface area contributed by atoms with Gasteiger partial charge in [-0.2, -0.15) is 13.7 Å². The third-order valence-electron chi connectivity index (χ3n) is 4.45. The van der Waals surface area contributed by atoms with Gasteiger partial charge in [-0.3, -0.25) is 10.1 Å². The zero-order chi connectivity index (χ0) is 24.9. The molecule has 0 atom stereocenters. The maximum Gasteiger partial charge on any atom is 0.339 e. The van der Waals surface area contributed by atoms with E-state index in [4.69, 9.17) is 20.5 Å². The molecule has 3 aromatic rings. The minimum absolute atomic E-state index is 0.0170. The molecule has 0 heterocycles. The fourth-order valence-corrected chi connectivity index (χ4v) is 4.85. The lowest BCUT2D eigenvalue weighted by Crippen LogP contribution is -2.12. The largest absolute Gasteiger partial charge is 0.490 e. The van der Waals surface area contributed by atoms with Crippen LogP contribution in [0, 0.1) is 25.0 Å². The molecule has 0 aliphatic rings. The molecule has 34 heavy (non-hydrogen) atoms. The van der Waals surface area contributed by atoms with Crippen molar-refractivity contribution in [2.45, 2.75) is 11.8 Å². The maximum absolute atomic E-state index is 12.8. The van der Waals surface area contributed by atoms with E-state index in [2.05, 4.69) is 6.07 Å². The first kappa shape index (κ1) is 25.5. The van der Waals surface area contributed by atoms with Gasteiger partial charge in [0.2, 0.25) is 0 Å². The van der Waals surface area contributed by atoms with E-state index < -0.39 is 15.0 Å². The Morgan fingerprint density at radius 3 is 2.38 bits per heavy atom. The van der Waals surface area contributed by atoms with Crippen LogP contribution in [0.3, 0.4) is 0 Å². The number of ether oxygens (including phenoxy) is 1. The number of nitro groups is 1. The van der Waals surface area contributed by atoms with Gasteiger partial charge in [0, 0.05) is 17.2 Å². The molecule has 0 aromatic heterocycles. The summed E-state index contributed by atoms with van der Waals surface area (Å²) in [6, 6.07) is 16.4. The molecule has 3 rings (SSSR count). The molecule has 174 valence electrons. The number of nitro benzene ring substituents is 1. The van der Waals surface area contributed by atoms with E-state index in [1.54, 1.807) is 25.1 Å². The molecule has 8 nitrogen and oxygen atoms in total. The van der Waals surface area contributed by atoms with E-state index >= 15 is 0 Å². The van der Waals surface area contributed by atoms with Crippen LogP contribution in [0.1, 0.15) is 18.1 Å². The number of allylic oxidation sites excluding steroid dienone is 1. The summed E-state index contributed by atoms with van der Waals surface area (Å²) in [6.45, 7) is 1.98. The Morgan fingerprint density at radius 2 is 1.82 bits per heavy atom. The van der Waals surface area contributed by atoms with E-state index in [1.807, 2.05) is 22.6 Å². The number of nitrogens with zero attached hydrogens (tertiary/aromatic N) is 2. The second kappa shape index (κ2) is 10.9. The van der Waals surface area contributed by atoms with E-state index in [0.717, 1.165) is 0 Å². The Bertz CT molecular complexity index is 1400. The number of rotatable bonds is 8. The highest BCUT2D eigenvalue weighted by Gasteiger charge is 2.22. The second-order valence-electron chi connectivity index (χ2n) is 6.73. The van der Waals surface area contributed by atoms with E-state index in [0.29, 0.717) is 19.7 Å². The van der Waals surface area contributed by atoms with Gasteiger partial charge in [0.15, 0.2) is 11.5 Å². The van der Waals surface area contributed by atoms with Crippen molar-refractivity contribution in [2.75, 3.05) is 6.61 Å². The molecule has 0 spiro atoms. The average molecular weight is 611 g/mol. The molecule has 0 fully saturated rings. The molecule has 0 radical (unpaired) electrons. The van der Waals surface area contributed by atoms with Gasteiger partial charge < -0.3 is 8.92 Å². The fourth-order valence-electron chi connectivity index (χ4n) is 2.88. The molecule has 3 aromatic carbocycles. The Hall–Kier alpha value is -3.14. The molecular weight excluding hydrogens is 595 g/mol. The molecule has 0 aliphatic heterocycles. The van der Waals surface area contributed by atoms with Crippen LogP contribution in [0.15, 0.2) is 65.6 Å². The van der Waals surface area contributed by atoms with Gasteiger partial charge in [-0.1, -0.05) is 11.6 Å². The van der Waals surface area contributed by atoms with Crippen molar-refractivity contribution in [3.63, 3.8) is 0 Å². The van der Waals surface area contributed by atoms with Crippen molar-refractivity contribution in [3.8, 4) is 17.6 Å². The highest BCUT2D eigenvalue weighted by molar-refractivity contribution is 14.1. The lowest BCUT2D eigenvalue weighted by Gasteiger charge is -2.15. The number of benzene rings is 3. The SMILES string of the molecule is CCOc1cc(/C=C(\C#N)c2ccc([N+](=O)[O-])cc2)cc(I)c1OS(=O)(=O)c1ccc(Cl)cc1. The molecule has 0 N–H and O–H groups in total. The molecule has 0 saturated heterocycles. The molecule has 0 aliphatic carbocycles. The number of nitriles is 1. The number of hydrogen-bond acceptors (Lipinski definition) is 7. The molecular formula is C23H16ClIN2O6S. The molecule has 0 bridgehead atoms. The van der Waals surface area contributed by atoms with Gasteiger partial charge in [0.25, 0.3) is 5.69 Å². The highest BCUT2D eigenvalue weighted by Crippen LogP contribution is 2.37. The molecule has 11 heteroatoms. The Labute approximate surface area is 214 Å². The summed E-state index contributed by atoms with van der Waals surface area (Å²) in [4.78, 5) is 10.3. The summed E-state index contributed by atoms with van der Waals surface area (Å²) in [5.41, 5.74) is 1.22. The summed E-state index contributed by atoms with van der Waals surface area (Å²) in [5, 5.41) is 20.9. The minimum Gasteiger partial charge on any atom is -0.490 e. The predicted molar refractivity (Wildman–Crippen MR) is 136 cm³/mol. The van der Waals surface area contributed by atoms with Gasteiger partial charge in [-0.25, -0.2) is 0 Å². The van der Waals surface area contributed by atoms with Crippen molar-refractivity contribution in [2.24, 2.45) is 0 Å². The van der Waals surface area contributed by atoms with Crippen LogP contribution in [-0.2, 0) is 10.1 Å². The number of non-ortho nitro benzene ring substituents is 1.